The van der Waals surface area contributed by atoms with Gasteiger partial charge in [-0.05, 0) is 0 Å². The second kappa shape index (κ2) is 5.12. The average molecular weight is 156 g/mol. The van der Waals surface area contributed by atoms with Crippen LogP contribution in [0, 0.1) is 0 Å². The van der Waals surface area contributed by atoms with Crippen LogP contribution in [0.1, 0.15) is 0 Å². The van der Waals surface area contributed by atoms with Crippen molar-refractivity contribution in [1.82, 2.24) is 0 Å². The van der Waals surface area contributed by atoms with Crippen LogP contribution in [0.5, 0.6) is 0 Å². The fraction of sp³-hybridized carbons (Fsp3) is 0.667. The number of nitrogens with two attached hydrogens (primary N) is 1. The maximum Gasteiger partial charge on any atom is 5.00 e. The van der Waals surface area contributed by atoms with Gasteiger partial charge in [0.05, 0.1) is 6.61 Å². The molecule has 0 aromatic heterocycles. The Morgan fingerprint density at radius 3 is 2.12 bits per heavy atom. The molecule has 0 aliphatic carbocycles. The van der Waals surface area contributed by atoms with Crippen molar-refractivity contribution in [2.45, 2.75) is 6.04 Å². The fourth-order valence-corrected chi connectivity index (χ4v) is 0.0781. The predicted octanol–water partition coefficient (Wildman–Crippen LogP) is -1.61. The molecule has 4 nitrogen and oxygen atoms in total. The standard InChI is InChI=1S/C3H7NO3.V/c4-2(1-5)3(6)7;/h2,5H,1,4H2,(H,6,7);/q;+5/t2-;/m0./s1. The number of aliphatic hydroxyl groups is 1. The van der Waals surface area contributed by atoms with E-state index in [1.165, 1.54) is 0 Å². The van der Waals surface area contributed by atoms with Gasteiger partial charge in [0, 0.05) is 0 Å². The molecule has 0 saturated heterocycles. The minimum atomic E-state index is -1.18. The first-order valence-electron chi connectivity index (χ1n) is 1.77. The van der Waals surface area contributed by atoms with E-state index in [1.807, 2.05) is 0 Å². The van der Waals surface area contributed by atoms with Crippen LogP contribution in [0.15, 0.2) is 0 Å². The van der Waals surface area contributed by atoms with E-state index >= 15 is 0 Å². The number of rotatable bonds is 2. The molecule has 0 spiro atoms. The van der Waals surface area contributed by atoms with Gasteiger partial charge in [0.15, 0.2) is 0 Å². The third-order valence-corrected chi connectivity index (χ3v) is 0.514. The Bertz CT molecular complexity index is 76.9. The van der Waals surface area contributed by atoms with Crippen LogP contribution in [-0.2, 0) is 23.4 Å². The van der Waals surface area contributed by atoms with E-state index in [9.17, 15) is 4.79 Å². The number of hydrogen-bond donors (Lipinski definition) is 3. The van der Waals surface area contributed by atoms with Crippen LogP contribution in [0.25, 0.3) is 0 Å². The first-order chi connectivity index (χ1) is 3.18. The SMILES string of the molecule is N[C@@H](CO)C(=O)O.[V+5]. The van der Waals surface area contributed by atoms with E-state index in [0.717, 1.165) is 0 Å². The van der Waals surface area contributed by atoms with Crippen molar-refractivity contribution >= 4 is 5.97 Å². The molecule has 0 fully saturated rings. The zero-order valence-corrected chi connectivity index (χ0v) is 5.51. The first-order valence-corrected chi connectivity index (χ1v) is 1.77. The monoisotopic (exact) mass is 156 g/mol. The zero-order chi connectivity index (χ0) is 5.86. The van der Waals surface area contributed by atoms with Gasteiger partial charge in [-0.15, -0.1) is 0 Å². The van der Waals surface area contributed by atoms with Crippen LogP contribution in [-0.4, -0.2) is 28.8 Å². The number of aliphatic hydroxyl groups excluding tert-OH is 1. The maximum absolute atomic E-state index is 9.65. The summed E-state index contributed by atoms with van der Waals surface area (Å²) in [7, 11) is 0. The molecule has 0 aromatic carbocycles. The fourth-order valence-electron chi connectivity index (χ4n) is 0.0781. The number of carboxylic acids is 1. The summed E-state index contributed by atoms with van der Waals surface area (Å²) in [4.78, 5) is 9.65. The molecule has 5 heteroatoms. The Morgan fingerprint density at radius 2 is 2.12 bits per heavy atom. The van der Waals surface area contributed by atoms with Crippen molar-refractivity contribution in [2.75, 3.05) is 6.61 Å². The molecule has 42 valence electrons. The largest absolute Gasteiger partial charge is 5.00 e. The quantitative estimate of drug-likeness (QED) is 0.449. The topological polar surface area (TPSA) is 83.5 Å². The van der Waals surface area contributed by atoms with Crippen LogP contribution >= 0.6 is 0 Å². The Balaban J connectivity index is 0. The summed E-state index contributed by atoms with van der Waals surface area (Å²) < 4.78 is 0. The number of carboxylic acid groups (broad SMARTS) is 1. The molecule has 0 radical (unpaired) electrons. The number of aliphatic carboxylic acids is 1. The predicted molar refractivity (Wildman–Crippen MR) is 22.7 cm³/mol. The Labute approximate surface area is 58.6 Å². The molecule has 0 unspecified atom stereocenters. The molecule has 0 aliphatic heterocycles. The Morgan fingerprint density at radius 1 is 1.75 bits per heavy atom. The van der Waals surface area contributed by atoms with Crippen molar-refractivity contribution < 1.29 is 33.6 Å². The molecule has 8 heavy (non-hydrogen) atoms. The van der Waals surface area contributed by atoms with Gasteiger partial charge in [-0.25, -0.2) is 0 Å². The molecule has 0 heterocycles. The molecule has 4 N–H and O–H groups in total. The van der Waals surface area contributed by atoms with Crippen molar-refractivity contribution in [3.05, 3.63) is 0 Å². The Kier molecular flexibility index (Phi) is 6.95. The summed E-state index contributed by atoms with van der Waals surface area (Å²) in [5.41, 5.74) is 4.77. The van der Waals surface area contributed by atoms with Gasteiger partial charge >= 0.3 is 24.5 Å². The molecule has 0 saturated carbocycles. The third-order valence-electron chi connectivity index (χ3n) is 0.514. The van der Waals surface area contributed by atoms with E-state index in [4.69, 9.17) is 15.9 Å². The van der Waals surface area contributed by atoms with E-state index in [2.05, 4.69) is 0 Å². The van der Waals surface area contributed by atoms with Crippen LogP contribution < -0.4 is 5.73 Å². The van der Waals surface area contributed by atoms with Crippen molar-refractivity contribution in [1.29, 1.82) is 0 Å². The number of carbonyl (C=O) groups is 1. The summed E-state index contributed by atoms with van der Waals surface area (Å²) in [5.74, 6) is -1.18. The maximum atomic E-state index is 9.65. The van der Waals surface area contributed by atoms with E-state index < -0.39 is 18.6 Å². The van der Waals surface area contributed by atoms with E-state index in [-0.39, 0.29) is 18.6 Å². The van der Waals surface area contributed by atoms with Gasteiger partial charge in [-0.3, -0.25) is 4.79 Å². The van der Waals surface area contributed by atoms with Crippen LogP contribution in [0.4, 0.5) is 0 Å². The molecule has 0 amide bonds. The minimum absolute atomic E-state index is 0. The van der Waals surface area contributed by atoms with Gasteiger partial charge in [-0.1, -0.05) is 0 Å². The molecular weight excluding hydrogens is 149 g/mol. The van der Waals surface area contributed by atoms with Gasteiger partial charge in [-0.2, -0.15) is 0 Å². The minimum Gasteiger partial charge on any atom is -0.480 e. The third kappa shape index (κ3) is 4.14. The van der Waals surface area contributed by atoms with Crippen LogP contribution in [0.2, 0.25) is 0 Å². The summed E-state index contributed by atoms with van der Waals surface area (Å²) >= 11 is 0. The molecule has 0 aliphatic rings. The summed E-state index contributed by atoms with van der Waals surface area (Å²) in [6.45, 7) is -0.505. The van der Waals surface area contributed by atoms with Gasteiger partial charge in [0.25, 0.3) is 0 Å². The Hall–Kier alpha value is -0.0256. The van der Waals surface area contributed by atoms with E-state index in [1.54, 1.807) is 0 Å². The molecule has 0 aromatic rings. The van der Waals surface area contributed by atoms with Crippen molar-refractivity contribution in [2.24, 2.45) is 5.73 Å². The molecular formula is C3H7NO3V+5. The second-order valence-electron chi connectivity index (χ2n) is 1.13. The smallest absolute Gasteiger partial charge is 0.480 e. The second-order valence-corrected chi connectivity index (χ2v) is 1.13. The average Bonchev–Trinajstić information content (AvgIpc) is 1.65. The summed E-state index contributed by atoms with van der Waals surface area (Å²) in [5, 5.41) is 15.9. The summed E-state index contributed by atoms with van der Waals surface area (Å²) in [6, 6.07) is -1.13. The molecule has 1 atom stereocenters. The zero-order valence-electron chi connectivity index (χ0n) is 4.11. The van der Waals surface area contributed by atoms with Crippen molar-refractivity contribution in [3.63, 3.8) is 0 Å². The van der Waals surface area contributed by atoms with E-state index in [0.29, 0.717) is 0 Å². The summed E-state index contributed by atoms with van der Waals surface area (Å²) in [6.07, 6.45) is 0. The van der Waals surface area contributed by atoms with Crippen molar-refractivity contribution in [3.8, 4) is 0 Å². The first kappa shape index (κ1) is 10.9. The normalized spacial score (nSPS) is 11.8. The molecule has 0 rings (SSSR count). The van der Waals surface area contributed by atoms with Gasteiger partial charge in [0.2, 0.25) is 0 Å². The molecule has 0 bridgehead atoms. The van der Waals surface area contributed by atoms with Crippen LogP contribution in [0.3, 0.4) is 0 Å². The van der Waals surface area contributed by atoms with Gasteiger partial charge in [0.1, 0.15) is 6.04 Å². The number of hydrogen-bond acceptors (Lipinski definition) is 3. The van der Waals surface area contributed by atoms with Gasteiger partial charge < -0.3 is 15.9 Å².